The number of halogens is 1. The Morgan fingerprint density at radius 1 is 0.933 bits per heavy atom. The highest BCUT2D eigenvalue weighted by Gasteiger charge is 2.30. The molecule has 45 heavy (non-hydrogen) atoms. The van der Waals surface area contributed by atoms with Gasteiger partial charge in [0.15, 0.2) is 0 Å². The van der Waals surface area contributed by atoms with Crippen molar-refractivity contribution < 1.29 is 13.2 Å². The van der Waals surface area contributed by atoms with Crippen LogP contribution in [0, 0.1) is 17.8 Å². The van der Waals surface area contributed by atoms with Crippen molar-refractivity contribution in [3.8, 4) is 23.1 Å². The normalized spacial score (nSPS) is 18.0. The summed E-state index contributed by atoms with van der Waals surface area (Å²) in [6, 6.07) is 12.4. The number of nitrogens with zero attached hydrogens (tertiary/aromatic N) is 5. The summed E-state index contributed by atoms with van der Waals surface area (Å²) in [4.78, 5) is 4.96. The van der Waals surface area contributed by atoms with Crippen molar-refractivity contribution in [1.82, 2.24) is 23.9 Å². The third-order valence-electron chi connectivity index (χ3n) is 9.02. The van der Waals surface area contributed by atoms with E-state index >= 15 is 0 Å². The highest BCUT2D eigenvalue weighted by molar-refractivity contribution is 7.88. The van der Waals surface area contributed by atoms with Crippen LogP contribution in [-0.4, -0.2) is 91.0 Å². The minimum Gasteiger partial charge on any atom is -0.379 e. The number of hydrogen-bond acceptors (Lipinski definition) is 6. The first-order valence-corrected chi connectivity index (χ1v) is 18.4. The minimum atomic E-state index is -3.33. The van der Waals surface area contributed by atoms with Crippen LogP contribution in [0.2, 0.25) is 5.02 Å². The van der Waals surface area contributed by atoms with E-state index in [4.69, 9.17) is 21.4 Å². The van der Waals surface area contributed by atoms with E-state index in [9.17, 15) is 8.42 Å². The highest BCUT2D eigenvalue weighted by Crippen LogP contribution is 2.33. The summed E-state index contributed by atoms with van der Waals surface area (Å²) in [5.41, 5.74) is 8.29. The molecule has 3 aromatic rings. The molecular formula is C35H44ClN5O3S. The van der Waals surface area contributed by atoms with Crippen molar-refractivity contribution in [2.75, 3.05) is 58.7 Å². The van der Waals surface area contributed by atoms with Crippen LogP contribution < -0.4 is 0 Å². The lowest BCUT2D eigenvalue weighted by Crippen LogP contribution is -2.37. The zero-order valence-corrected chi connectivity index (χ0v) is 28.3. The molecule has 1 aromatic heterocycles. The van der Waals surface area contributed by atoms with E-state index in [1.807, 2.05) is 18.2 Å². The zero-order chi connectivity index (χ0) is 31.6. The second-order valence-corrected chi connectivity index (χ2v) is 15.3. The van der Waals surface area contributed by atoms with E-state index < -0.39 is 10.0 Å². The van der Waals surface area contributed by atoms with Gasteiger partial charge in [0.1, 0.15) is 0 Å². The molecule has 8 nitrogen and oxygen atoms in total. The summed E-state index contributed by atoms with van der Waals surface area (Å²) in [5.74, 6) is 7.34. The van der Waals surface area contributed by atoms with Gasteiger partial charge >= 0.3 is 0 Å². The number of rotatable bonds is 8. The Morgan fingerprint density at radius 2 is 1.76 bits per heavy atom. The third kappa shape index (κ3) is 7.82. The number of ether oxygens (including phenoxy) is 1. The van der Waals surface area contributed by atoms with Crippen molar-refractivity contribution >= 4 is 21.6 Å². The first-order valence-electron chi connectivity index (χ1n) is 16.1. The molecule has 0 bridgehead atoms. The fraction of sp³-hybridized carbons (Fsp3) is 0.514. The Morgan fingerprint density at radius 3 is 2.53 bits per heavy atom. The number of benzene rings is 2. The molecule has 0 spiro atoms. The van der Waals surface area contributed by atoms with Gasteiger partial charge in [0.2, 0.25) is 10.0 Å². The van der Waals surface area contributed by atoms with Crippen molar-refractivity contribution in [2.45, 2.75) is 52.7 Å². The fourth-order valence-corrected chi connectivity index (χ4v) is 7.66. The van der Waals surface area contributed by atoms with Gasteiger partial charge in [0.05, 0.1) is 30.2 Å². The molecule has 0 amide bonds. The average molecular weight is 650 g/mol. The number of hydrogen-bond donors (Lipinski definition) is 0. The average Bonchev–Trinajstić information content (AvgIpc) is 3.38. The van der Waals surface area contributed by atoms with Gasteiger partial charge in [-0.05, 0) is 54.2 Å². The lowest BCUT2D eigenvalue weighted by atomic mass is 9.96. The van der Waals surface area contributed by atoms with Crippen LogP contribution in [0.5, 0.6) is 0 Å². The molecular weight excluding hydrogens is 606 g/mol. The third-order valence-corrected chi connectivity index (χ3v) is 10.6. The second kappa shape index (κ2) is 14.0. The Balaban J connectivity index is 1.25. The fourth-order valence-electron chi connectivity index (χ4n) is 6.70. The largest absolute Gasteiger partial charge is 0.379 e. The number of morpholine rings is 1. The van der Waals surface area contributed by atoms with Crippen LogP contribution in [0.25, 0.3) is 11.3 Å². The van der Waals surface area contributed by atoms with Crippen molar-refractivity contribution in [3.63, 3.8) is 0 Å². The molecule has 0 N–H and O–H groups in total. The molecule has 0 saturated carbocycles. The summed E-state index contributed by atoms with van der Waals surface area (Å²) >= 11 is 6.66. The Bertz CT molecular complexity index is 1700. The molecule has 6 rings (SSSR count). The summed E-state index contributed by atoms with van der Waals surface area (Å²) in [5, 5.41) is 5.67. The van der Waals surface area contributed by atoms with Gasteiger partial charge < -0.3 is 4.74 Å². The number of fused-ring (bicyclic) bond motifs is 2. The van der Waals surface area contributed by atoms with Crippen molar-refractivity contribution in [2.24, 2.45) is 5.92 Å². The molecule has 1 fully saturated rings. The van der Waals surface area contributed by atoms with Crippen LogP contribution in [-0.2, 0) is 47.2 Å². The number of aryl methyl sites for hydroxylation is 1. The summed E-state index contributed by atoms with van der Waals surface area (Å²) in [6.07, 6.45) is 3.93. The first kappa shape index (κ1) is 32.2. The van der Waals surface area contributed by atoms with E-state index in [-0.39, 0.29) is 0 Å². The first-order chi connectivity index (χ1) is 21.6. The van der Waals surface area contributed by atoms with Crippen LogP contribution in [0.1, 0.15) is 53.8 Å². The minimum absolute atomic E-state index is 0.320. The monoisotopic (exact) mass is 649 g/mol. The zero-order valence-electron chi connectivity index (χ0n) is 26.7. The lowest BCUT2D eigenvalue weighted by molar-refractivity contribution is 0.0368. The molecule has 0 radical (unpaired) electrons. The maximum absolute atomic E-state index is 12.5. The standard InChI is InChI=1S/C35H44ClN5O3S/c1-26(2)23-39-15-11-28-21-27(6-8-31(28)24-39)5-7-29-22-30(9-10-33(29)36)35-32-25-40(45(3,42)43)16-12-34(32)41(37-35)14-4-13-38-17-19-44-20-18-38/h6,8-10,21-22,26H,4,11-20,23-25H2,1-3H3. The van der Waals surface area contributed by atoms with Gasteiger partial charge in [-0.2, -0.15) is 9.40 Å². The maximum Gasteiger partial charge on any atom is 0.211 e. The van der Waals surface area contributed by atoms with Crippen LogP contribution in [0.3, 0.4) is 0 Å². The van der Waals surface area contributed by atoms with E-state index in [2.05, 4.69) is 58.4 Å². The molecule has 0 aliphatic carbocycles. The predicted octanol–water partition coefficient (Wildman–Crippen LogP) is 4.66. The molecule has 4 heterocycles. The molecule has 3 aliphatic heterocycles. The quantitative estimate of drug-likeness (QED) is 0.331. The van der Waals surface area contributed by atoms with E-state index in [1.165, 1.54) is 17.4 Å². The van der Waals surface area contributed by atoms with E-state index in [0.29, 0.717) is 30.5 Å². The molecule has 0 unspecified atom stereocenters. The lowest BCUT2D eigenvalue weighted by Gasteiger charge is -2.30. The second-order valence-electron chi connectivity index (χ2n) is 13.0. The molecule has 1 saturated heterocycles. The van der Waals surface area contributed by atoms with Crippen LogP contribution >= 0.6 is 11.6 Å². The van der Waals surface area contributed by atoms with Gasteiger partial charge in [-0.1, -0.05) is 49.4 Å². The Labute approximate surface area is 273 Å². The SMILES string of the molecule is CC(C)CN1CCc2cc(C#Cc3cc(-c4nn(CCCN5CCOCC5)c5c4CN(S(C)(=O)=O)CC5)ccc3Cl)ccc2C1. The van der Waals surface area contributed by atoms with Gasteiger partial charge in [-0.25, -0.2) is 8.42 Å². The summed E-state index contributed by atoms with van der Waals surface area (Å²) in [6.45, 7) is 13.8. The van der Waals surface area contributed by atoms with Gasteiger partial charge in [-0.15, -0.1) is 0 Å². The topological polar surface area (TPSA) is 70.9 Å². The van der Waals surface area contributed by atoms with Gasteiger partial charge in [0.25, 0.3) is 0 Å². The van der Waals surface area contributed by atoms with Gasteiger partial charge in [-0.3, -0.25) is 14.5 Å². The predicted molar refractivity (Wildman–Crippen MR) is 180 cm³/mol. The van der Waals surface area contributed by atoms with Crippen LogP contribution in [0.15, 0.2) is 36.4 Å². The summed E-state index contributed by atoms with van der Waals surface area (Å²) in [7, 11) is -3.33. The van der Waals surface area contributed by atoms with Crippen LogP contribution in [0.4, 0.5) is 0 Å². The highest BCUT2D eigenvalue weighted by atomic mass is 35.5. The smallest absolute Gasteiger partial charge is 0.211 e. The van der Waals surface area contributed by atoms with Gasteiger partial charge in [0, 0.05) is 93.3 Å². The molecule has 3 aliphatic rings. The van der Waals surface area contributed by atoms with Crippen molar-refractivity contribution in [3.05, 3.63) is 74.9 Å². The molecule has 0 atom stereocenters. The number of sulfonamides is 1. The maximum atomic E-state index is 12.5. The summed E-state index contributed by atoms with van der Waals surface area (Å²) < 4.78 is 34.2. The van der Waals surface area contributed by atoms with Crippen molar-refractivity contribution in [1.29, 1.82) is 0 Å². The molecule has 2 aromatic carbocycles. The molecule has 240 valence electrons. The number of aromatic nitrogens is 2. The van der Waals surface area contributed by atoms with E-state index in [0.717, 1.165) is 106 Å². The van der Waals surface area contributed by atoms with E-state index in [1.54, 1.807) is 4.31 Å². The Kier molecular flexibility index (Phi) is 10.0. The Hall–Kier alpha value is -2.71. The molecule has 10 heteroatoms.